The molecule has 10 nitrogen and oxygen atoms in total. The van der Waals surface area contributed by atoms with Crippen molar-refractivity contribution in [2.75, 3.05) is 17.6 Å². The van der Waals surface area contributed by atoms with Crippen LogP contribution in [0.1, 0.15) is 73.0 Å². The van der Waals surface area contributed by atoms with E-state index in [0.717, 1.165) is 68.1 Å². The molecule has 240 valence electrons. The van der Waals surface area contributed by atoms with Crippen molar-refractivity contribution in [3.8, 4) is 11.3 Å². The maximum atomic E-state index is 13.1. The van der Waals surface area contributed by atoms with E-state index in [1.165, 1.54) is 0 Å². The Kier molecular flexibility index (Phi) is 8.76. The Balaban J connectivity index is 1.35. The van der Waals surface area contributed by atoms with E-state index in [9.17, 15) is 22.8 Å². The minimum absolute atomic E-state index is 0.00920. The molecule has 2 bridgehead atoms. The van der Waals surface area contributed by atoms with Crippen LogP contribution in [0, 0.1) is 0 Å². The summed E-state index contributed by atoms with van der Waals surface area (Å²) in [7, 11) is 0. The van der Waals surface area contributed by atoms with Gasteiger partial charge in [0.1, 0.15) is 17.3 Å². The van der Waals surface area contributed by atoms with E-state index in [1.54, 1.807) is 30.5 Å². The minimum Gasteiger partial charge on any atom is -0.383 e. The van der Waals surface area contributed by atoms with Gasteiger partial charge in [0.25, 0.3) is 5.91 Å². The standard InChI is InChI=1S/C33H35F3N8O2/c1-19-15-27(45)41-24-6-4-7-25(17-24)44-30-22(5-2-3-13-38-19)18-40-31(37)28(30)29(43-44)20-8-10-21(11-9-20)32(46)42-26-16-23(12-14-39-26)33(34,35)36/h2,5,8-12,14,16,18-19,24-25,38H,3-4,6-7,13,15,17H2,1H3,(H2,37,40)(H,41,45)(H,39,42,46)/b5-2+/t19-,24-,25-/m1/s1. The van der Waals surface area contributed by atoms with Crippen LogP contribution in [0.25, 0.3) is 28.2 Å². The second kappa shape index (κ2) is 12.9. The smallest absolute Gasteiger partial charge is 0.383 e. The molecule has 1 aromatic carbocycles. The zero-order valence-corrected chi connectivity index (χ0v) is 25.3. The number of hydrogen-bond donors (Lipinski definition) is 4. The fourth-order valence-electron chi connectivity index (χ4n) is 6.23. The van der Waals surface area contributed by atoms with Gasteiger partial charge >= 0.3 is 6.18 Å². The molecule has 1 aliphatic carbocycles. The predicted molar refractivity (Wildman–Crippen MR) is 170 cm³/mol. The lowest BCUT2D eigenvalue weighted by Gasteiger charge is -2.31. The van der Waals surface area contributed by atoms with Crippen molar-refractivity contribution >= 4 is 40.4 Å². The number of pyridine rings is 2. The number of amides is 2. The van der Waals surface area contributed by atoms with Gasteiger partial charge in [0.05, 0.1) is 22.5 Å². The highest BCUT2D eigenvalue weighted by Gasteiger charge is 2.31. The summed E-state index contributed by atoms with van der Waals surface area (Å²) in [6, 6.07) is 8.34. The number of hydrogen-bond acceptors (Lipinski definition) is 7. The second-order valence-electron chi connectivity index (χ2n) is 11.9. The van der Waals surface area contributed by atoms with Crippen LogP contribution in [0.15, 0.2) is 54.9 Å². The third-order valence-electron chi connectivity index (χ3n) is 8.48. The quantitative estimate of drug-likeness (QED) is 0.226. The van der Waals surface area contributed by atoms with Gasteiger partial charge in [0.2, 0.25) is 5.91 Å². The van der Waals surface area contributed by atoms with Crippen LogP contribution < -0.4 is 21.7 Å². The summed E-state index contributed by atoms with van der Waals surface area (Å²) >= 11 is 0. The van der Waals surface area contributed by atoms with Crippen LogP contribution >= 0.6 is 0 Å². The molecule has 0 unspecified atom stereocenters. The van der Waals surface area contributed by atoms with Crippen LogP contribution in [0.2, 0.25) is 0 Å². The number of fused-ring (bicyclic) bond motifs is 3. The summed E-state index contributed by atoms with van der Waals surface area (Å²) < 4.78 is 41.3. The number of halogens is 3. The zero-order valence-electron chi connectivity index (χ0n) is 25.3. The average molecular weight is 633 g/mol. The highest BCUT2D eigenvalue weighted by atomic mass is 19.4. The van der Waals surface area contributed by atoms with Crippen LogP contribution in [0.3, 0.4) is 0 Å². The number of anilines is 2. The number of nitrogens with zero attached hydrogens (tertiary/aromatic N) is 4. The summed E-state index contributed by atoms with van der Waals surface area (Å²) in [5, 5.41) is 14.8. The Morgan fingerprint density at radius 3 is 2.72 bits per heavy atom. The minimum atomic E-state index is -4.56. The lowest BCUT2D eigenvalue weighted by atomic mass is 9.90. The lowest BCUT2D eigenvalue weighted by Crippen LogP contribution is -2.41. The van der Waals surface area contributed by atoms with Gasteiger partial charge in [-0.2, -0.15) is 18.3 Å². The molecule has 1 aliphatic heterocycles. The number of aromatic nitrogens is 4. The molecule has 1 saturated carbocycles. The van der Waals surface area contributed by atoms with Crippen molar-refractivity contribution in [3.63, 3.8) is 0 Å². The van der Waals surface area contributed by atoms with Crippen molar-refractivity contribution in [1.29, 1.82) is 0 Å². The van der Waals surface area contributed by atoms with E-state index >= 15 is 0 Å². The van der Waals surface area contributed by atoms with Crippen LogP contribution in [0.5, 0.6) is 0 Å². The Hall–Kier alpha value is -4.78. The van der Waals surface area contributed by atoms with Crippen molar-refractivity contribution in [3.05, 3.63) is 71.6 Å². The van der Waals surface area contributed by atoms with E-state index in [-0.39, 0.29) is 35.4 Å². The summed E-state index contributed by atoms with van der Waals surface area (Å²) in [5.41, 5.74) is 8.85. The number of benzene rings is 1. The SMILES string of the molecule is C[C@@H]1CC(=O)N[C@@H]2CCC[C@H](C2)n2nc(-c3ccc(C(=O)Nc4cc(C(F)(F)F)ccn4)cc3)c3c(N)ncc(c32)/C=C/CCN1. The number of nitrogens with two attached hydrogens (primary N) is 1. The van der Waals surface area contributed by atoms with E-state index in [2.05, 4.69) is 32.0 Å². The predicted octanol–water partition coefficient (Wildman–Crippen LogP) is 5.73. The van der Waals surface area contributed by atoms with Crippen molar-refractivity contribution < 1.29 is 22.8 Å². The second-order valence-corrected chi connectivity index (χ2v) is 11.9. The molecule has 46 heavy (non-hydrogen) atoms. The van der Waals surface area contributed by atoms with E-state index in [0.29, 0.717) is 28.9 Å². The largest absolute Gasteiger partial charge is 0.416 e. The summed E-state index contributed by atoms with van der Waals surface area (Å²) in [5.74, 6) is -0.454. The number of carbonyl (C=O) groups excluding carboxylic acids is 2. The van der Waals surface area contributed by atoms with Gasteiger partial charge in [0.15, 0.2) is 0 Å². The molecule has 2 amide bonds. The molecule has 6 rings (SSSR count). The first-order chi connectivity index (χ1) is 22.1. The zero-order chi connectivity index (χ0) is 32.4. The van der Waals surface area contributed by atoms with E-state index in [1.807, 2.05) is 17.7 Å². The molecular formula is C33H35F3N8O2. The molecular weight excluding hydrogens is 597 g/mol. The van der Waals surface area contributed by atoms with Crippen LogP contribution in [-0.4, -0.2) is 50.2 Å². The number of nitrogens with one attached hydrogen (secondary N) is 3. The molecule has 3 atom stereocenters. The molecule has 0 saturated heterocycles. The molecule has 0 radical (unpaired) electrons. The Morgan fingerprint density at radius 1 is 1.13 bits per heavy atom. The van der Waals surface area contributed by atoms with Gasteiger partial charge in [-0.15, -0.1) is 0 Å². The maximum absolute atomic E-state index is 13.1. The third kappa shape index (κ3) is 6.74. The fraction of sp³-hybridized carbons (Fsp3) is 0.364. The number of rotatable bonds is 3. The molecule has 3 aromatic heterocycles. The van der Waals surface area contributed by atoms with Gasteiger partial charge < -0.3 is 21.7 Å². The Bertz CT molecular complexity index is 1780. The highest BCUT2D eigenvalue weighted by molar-refractivity contribution is 6.06. The monoisotopic (exact) mass is 632 g/mol. The van der Waals surface area contributed by atoms with Gasteiger partial charge in [-0.1, -0.05) is 24.3 Å². The summed E-state index contributed by atoms with van der Waals surface area (Å²) in [4.78, 5) is 34.0. The number of nitrogen functional groups attached to an aromatic ring is 1. The van der Waals surface area contributed by atoms with Gasteiger partial charge in [0, 0.05) is 47.6 Å². The van der Waals surface area contributed by atoms with Crippen molar-refractivity contribution in [2.45, 2.75) is 69.8 Å². The Labute approximate surface area is 263 Å². The summed E-state index contributed by atoms with van der Waals surface area (Å²) in [6.07, 6.45) is 6.88. The molecule has 13 heteroatoms. The first kappa shape index (κ1) is 31.2. The Morgan fingerprint density at radius 2 is 1.93 bits per heavy atom. The normalized spacial score (nSPS) is 21.6. The third-order valence-corrected chi connectivity index (χ3v) is 8.48. The lowest BCUT2D eigenvalue weighted by molar-refractivity contribution is -0.137. The van der Waals surface area contributed by atoms with E-state index in [4.69, 9.17) is 10.8 Å². The van der Waals surface area contributed by atoms with Crippen molar-refractivity contribution in [2.24, 2.45) is 0 Å². The molecule has 1 fully saturated rings. The first-order valence-electron chi connectivity index (χ1n) is 15.4. The van der Waals surface area contributed by atoms with Crippen LogP contribution in [-0.2, 0) is 11.0 Å². The molecule has 0 spiro atoms. The first-order valence-corrected chi connectivity index (χ1v) is 15.4. The molecule has 4 aromatic rings. The summed E-state index contributed by atoms with van der Waals surface area (Å²) in [6.45, 7) is 2.74. The highest BCUT2D eigenvalue weighted by Crippen LogP contribution is 2.39. The van der Waals surface area contributed by atoms with Gasteiger partial charge in [-0.25, -0.2) is 9.97 Å². The number of alkyl halides is 3. The van der Waals surface area contributed by atoms with Crippen LogP contribution in [0.4, 0.5) is 24.8 Å². The molecule has 2 aliphatic rings. The molecule has 5 N–H and O–H groups in total. The topological polar surface area (TPSA) is 140 Å². The van der Waals surface area contributed by atoms with E-state index < -0.39 is 17.6 Å². The maximum Gasteiger partial charge on any atom is 0.416 e. The molecule has 4 heterocycles. The van der Waals surface area contributed by atoms with Gasteiger partial charge in [-0.3, -0.25) is 14.3 Å². The van der Waals surface area contributed by atoms with Gasteiger partial charge in [-0.05, 0) is 69.8 Å². The average Bonchev–Trinajstić information content (AvgIpc) is 3.43. The van der Waals surface area contributed by atoms with Crippen molar-refractivity contribution in [1.82, 2.24) is 30.4 Å². The number of carbonyl (C=O) groups is 2. The fourth-order valence-corrected chi connectivity index (χ4v) is 6.23.